The van der Waals surface area contributed by atoms with Gasteiger partial charge in [-0.25, -0.2) is 13.4 Å². The summed E-state index contributed by atoms with van der Waals surface area (Å²) >= 11 is 1.42. The zero-order valence-corrected chi connectivity index (χ0v) is 23.2. The zero-order chi connectivity index (χ0) is 26.9. The van der Waals surface area contributed by atoms with E-state index in [9.17, 15) is 13.2 Å². The Kier molecular flexibility index (Phi) is 7.61. The quantitative estimate of drug-likeness (QED) is 0.414. The molecule has 3 heterocycles. The van der Waals surface area contributed by atoms with Crippen molar-refractivity contribution in [3.63, 3.8) is 0 Å². The molecule has 8 nitrogen and oxygen atoms in total. The summed E-state index contributed by atoms with van der Waals surface area (Å²) in [5, 5.41) is 12.4. The molecule has 198 valence electrons. The third-order valence-corrected chi connectivity index (χ3v) is 10.3. The molecule has 0 radical (unpaired) electrons. The molecule has 1 amide bonds. The van der Waals surface area contributed by atoms with Gasteiger partial charge in [-0.05, 0) is 54.5 Å². The second kappa shape index (κ2) is 10.9. The number of amides is 1. The number of carbonyl (C=O) groups is 1. The molecule has 10 heteroatoms. The summed E-state index contributed by atoms with van der Waals surface area (Å²) in [6.07, 6.45) is 4.70. The van der Waals surface area contributed by atoms with Crippen molar-refractivity contribution < 1.29 is 13.2 Å². The van der Waals surface area contributed by atoms with Crippen LogP contribution in [0.1, 0.15) is 76.3 Å². The Morgan fingerprint density at radius 2 is 1.97 bits per heavy atom. The van der Waals surface area contributed by atoms with Gasteiger partial charge in [0.15, 0.2) is 14.8 Å². The second-order valence-electron chi connectivity index (χ2n) is 10.5. The van der Waals surface area contributed by atoms with Crippen LogP contribution in [0.5, 0.6) is 0 Å². The van der Waals surface area contributed by atoms with Crippen molar-refractivity contribution >= 4 is 27.1 Å². The SMILES string of the molecule is CC(C)[C@H]1c2nc(C(=O)NCc3ccc(S(=O)(=O)CC4CCC4)cc3)sc2CN1Cc1ccc(C#N)cn1. The molecule has 2 aromatic heterocycles. The van der Waals surface area contributed by atoms with E-state index in [1.807, 2.05) is 6.07 Å². The molecule has 5 rings (SSSR count). The van der Waals surface area contributed by atoms with Crippen LogP contribution >= 0.6 is 11.3 Å². The van der Waals surface area contributed by atoms with Crippen LogP contribution in [0.25, 0.3) is 0 Å². The second-order valence-corrected chi connectivity index (χ2v) is 13.6. The number of nitrogens with zero attached hydrogens (tertiary/aromatic N) is 4. The molecule has 1 aliphatic carbocycles. The van der Waals surface area contributed by atoms with E-state index >= 15 is 0 Å². The smallest absolute Gasteiger partial charge is 0.280 e. The molecular weight excluding hydrogens is 518 g/mol. The minimum Gasteiger partial charge on any atom is -0.346 e. The van der Waals surface area contributed by atoms with E-state index < -0.39 is 9.84 Å². The normalized spacial score (nSPS) is 17.7. The lowest BCUT2D eigenvalue weighted by molar-refractivity contribution is 0.0949. The van der Waals surface area contributed by atoms with Gasteiger partial charge in [0.2, 0.25) is 0 Å². The number of hydrogen-bond donors (Lipinski definition) is 1. The van der Waals surface area contributed by atoms with E-state index in [2.05, 4.69) is 35.1 Å². The molecule has 1 saturated carbocycles. The average molecular weight is 550 g/mol. The van der Waals surface area contributed by atoms with E-state index in [1.165, 1.54) is 11.3 Å². The predicted octanol–water partition coefficient (Wildman–Crippen LogP) is 4.63. The number of carbonyl (C=O) groups excluding carboxylic acids is 1. The number of sulfone groups is 1. The maximum absolute atomic E-state index is 12.9. The van der Waals surface area contributed by atoms with Gasteiger partial charge >= 0.3 is 0 Å². The summed E-state index contributed by atoms with van der Waals surface area (Å²) in [7, 11) is -3.27. The molecule has 1 aromatic carbocycles. The standard InChI is InChI=1S/C28H31N5O3S2/c1-18(2)26-25-24(16-33(26)15-22-9-6-21(12-29)14-30-22)37-28(32-25)27(34)31-13-19-7-10-23(11-8-19)38(35,36)17-20-4-3-5-20/h6-11,14,18,20,26H,3-5,13,15-17H2,1-2H3,(H,31,34)/t26-/m0/s1. The monoisotopic (exact) mass is 549 g/mol. The summed E-state index contributed by atoms with van der Waals surface area (Å²) in [5.41, 5.74) is 3.22. The fourth-order valence-corrected chi connectivity index (χ4v) is 7.82. The Morgan fingerprint density at radius 1 is 1.21 bits per heavy atom. The Balaban J connectivity index is 1.20. The molecule has 1 fully saturated rings. The molecule has 0 bridgehead atoms. The van der Waals surface area contributed by atoms with Crippen LogP contribution in [0.2, 0.25) is 0 Å². The van der Waals surface area contributed by atoms with E-state index in [1.54, 1.807) is 36.5 Å². The van der Waals surface area contributed by atoms with Gasteiger partial charge in [-0.1, -0.05) is 32.4 Å². The first-order valence-corrected chi connectivity index (χ1v) is 15.4. The highest BCUT2D eigenvalue weighted by Gasteiger charge is 2.37. The summed E-state index contributed by atoms with van der Waals surface area (Å²) in [4.78, 5) is 25.8. The lowest BCUT2D eigenvalue weighted by Gasteiger charge is -2.27. The first kappa shape index (κ1) is 26.5. The molecular formula is C28H31N5O3S2. The number of pyridine rings is 1. The molecule has 0 saturated heterocycles. The van der Waals surface area contributed by atoms with Crippen LogP contribution in [0.4, 0.5) is 0 Å². The van der Waals surface area contributed by atoms with Crippen LogP contribution in [0.3, 0.4) is 0 Å². The van der Waals surface area contributed by atoms with E-state index in [0.717, 1.165) is 41.1 Å². The fourth-order valence-electron chi connectivity index (χ4n) is 5.08. The number of nitriles is 1. The molecule has 1 N–H and O–H groups in total. The van der Waals surface area contributed by atoms with Crippen molar-refractivity contribution in [3.8, 4) is 6.07 Å². The van der Waals surface area contributed by atoms with Crippen molar-refractivity contribution in [2.45, 2.75) is 63.7 Å². The average Bonchev–Trinajstić information content (AvgIpc) is 3.43. The molecule has 0 unspecified atom stereocenters. The van der Waals surface area contributed by atoms with E-state index in [4.69, 9.17) is 10.2 Å². The van der Waals surface area contributed by atoms with Gasteiger partial charge in [0.1, 0.15) is 6.07 Å². The molecule has 2 aliphatic rings. The lowest BCUT2D eigenvalue weighted by Crippen LogP contribution is -2.27. The highest BCUT2D eigenvalue weighted by molar-refractivity contribution is 7.91. The highest BCUT2D eigenvalue weighted by atomic mass is 32.2. The van der Waals surface area contributed by atoms with Crippen LogP contribution in [0.15, 0.2) is 47.5 Å². The molecule has 1 aliphatic heterocycles. The Hall–Kier alpha value is -3.13. The number of benzene rings is 1. The topological polar surface area (TPSA) is 116 Å². The third kappa shape index (κ3) is 5.65. The van der Waals surface area contributed by atoms with Crippen LogP contribution in [-0.4, -0.2) is 34.9 Å². The Labute approximate surface area is 227 Å². The highest BCUT2D eigenvalue weighted by Crippen LogP contribution is 2.41. The third-order valence-electron chi connectivity index (χ3n) is 7.31. The number of thiazole rings is 1. The fraction of sp³-hybridized carbons (Fsp3) is 0.429. The van der Waals surface area contributed by atoms with Crippen LogP contribution in [-0.2, 0) is 29.5 Å². The maximum Gasteiger partial charge on any atom is 0.280 e. The van der Waals surface area contributed by atoms with Crippen LogP contribution in [0, 0.1) is 23.2 Å². The summed E-state index contributed by atoms with van der Waals surface area (Å²) < 4.78 is 25.2. The minimum absolute atomic E-state index is 0.0784. The van der Waals surface area contributed by atoms with Crippen molar-refractivity contribution in [1.82, 2.24) is 20.2 Å². The van der Waals surface area contributed by atoms with Gasteiger partial charge in [0, 0.05) is 30.7 Å². The molecule has 3 aromatic rings. The summed E-state index contributed by atoms with van der Waals surface area (Å²) in [6, 6.07) is 12.6. The molecule has 38 heavy (non-hydrogen) atoms. The van der Waals surface area contributed by atoms with E-state index in [0.29, 0.717) is 41.0 Å². The minimum atomic E-state index is -3.27. The van der Waals surface area contributed by atoms with Gasteiger partial charge in [-0.15, -0.1) is 11.3 Å². The molecule has 1 atom stereocenters. The van der Waals surface area contributed by atoms with Crippen molar-refractivity contribution in [3.05, 3.63) is 75.0 Å². The van der Waals surface area contributed by atoms with Crippen molar-refractivity contribution in [2.24, 2.45) is 11.8 Å². The number of fused-ring (bicyclic) bond motifs is 1. The Morgan fingerprint density at radius 3 is 2.58 bits per heavy atom. The van der Waals surface area contributed by atoms with Crippen LogP contribution < -0.4 is 5.32 Å². The summed E-state index contributed by atoms with van der Waals surface area (Å²) in [6.45, 7) is 5.94. The molecule has 0 spiro atoms. The van der Waals surface area contributed by atoms with Gasteiger partial charge in [-0.2, -0.15) is 5.26 Å². The van der Waals surface area contributed by atoms with Gasteiger partial charge in [-0.3, -0.25) is 14.7 Å². The number of nitrogens with one attached hydrogen (secondary N) is 1. The first-order valence-electron chi connectivity index (χ1n) is 12.9. The van der Waals surface area contributed by atoms with Crippen molar-refractivity contribution in [2.75, 3.05) is 5.75 Å². The lowest BCUT2D eigenvalue weighted by atomic mass is 9.87. The maximum atomic E-state index is 12.9. The first-order chi connectivity index (χ1) is 18.2. The number of aromatic nitrogens is 2. The zero-order valence-electron chi connectivity index (χ0n) is 21.6. The summed E-state index contributed by atoms with van der Waals surface area (Å²) in [5.74, 6) is 0.575. The Bertz CT molecular complexity index is 1450. The number of hydrogen-bond acceptors (Lipinski definition) is 8. The van der Waals surface area contributed by atoms with Crippen molar-refractivity contribution in [1.29, 1.82) is 5.26 Å². The van der Waals surface area contributed by atoms with E-state index in [-0.39, 0.29) is 23.6 Å². The predicted molar refractivity (Wildman–Crippen MR) is 145 cm³/mol. The van der Waals surface area contributed by atoms with Gasteiger partial charge in [0.25, 0.3) is 5.91 Å². The van der Waals surface area contributed by atoms with Gasteiger partial charge in [0.05, 0.1) is 33.6 Å². The number of rotatable bonds is 9. The van der Waals surface area contributed by atoms with Gasteiger partial charge < -0.3 is 5.32 Å². The largest absolute Gasteiger partial charge is 0.346 e.